The average molecular weight is 486 g/mol. The molecule has 0 spiro atoms. The highest BCUT2D eigenvalue weighted by atomic mass is 32.2. The molecule has 0 radical (unpaired) electrons. The lowest BCUT2D eigenvalue weighted by Gasteiger charge is -2.25. The second-order valence-electron chi connectivity index (χ2n) is 7.93. The van der Waals surface area contributed by atoms with Gasteiger partial charge in [-0.15, -0.1) is 10.2 Å². The molecule has 2 aromatic carbocycles. The molecule has 10 heteroatoms. The lowest BCUT2D eigenvalue weighted by molar-refractivity contribution is -0.113. The summed E-state index contributed by atoms with van der Waals surface area (Å²) in [4.78, 5) is 12.7. The maximum Gasteiger partial charge on any atom is 0.243 e. The minimum absolute atomic E-state index is 0.167. The van der Waals surface area contributed by atoms with E-state index in [1.54, 1.807) is 24.3 Å². The summed E-state index contributed by atoms with van der Waals surface area (Å²) in [5, 5.41) is 11.8. The predicted molar refractivity (Wildman–Crippen MR) is 129 cm³/mol. The van der Waals surface area contributed by atoms with Crippen molar-refractivity contribution in [1.29, 1.82) is 0 Å². The van der Waals surface area contributed by atoms with Crippen LogP contribution in [0.3, 0.4) is 0 Å². The molecule has 1 fully saturated rings. The Morgan fingerprint density at radius 3 is 2.39 bits per heavy atom. The quantitative estimate of drug-likeness (QED) is 0.490. The van der Waals surface area contributed by atoms with E-state index < -0.39 is 10.0 Å². The minimum Gasteiger partial charge on any atom is -0.325 e. The molecule has 1 aliphatic heterocycles. The van der Waals surface area contributed by atoms with E-state index in [1.165, 1.54) is 16.1 Å². The molecule has 1 N–H and O–H groups in total. The van der Waals surface area contributed by atoms with Crippen molar-refractivity contribution >= 4 is 33.4 Å². The van der Waals surface area contributed by atoms with Crippen LogP contribution in [0.15, 0.2) is 64.6 Å². The summed E-state index contributed by atoms with van der Waals surface area (Å²) in [7, 11) is -3.48. The van der Waals surface area contributed by atoms with Crippen LogP contribution in [0.25, 0.3) is 0 Å². The Bertz CT molecular complexity index is 1190. The Labute approximate surface area is 198 Å². The normalized spacial score (nSPS) is 14.8. The first-order chi connectivity index (χ1) is 15.9. The summed E-state index contributed by atoms with van der Waals surface area (Å²) < 4.78 is 29.0. The molecule has 2 heterocycles. The molecule has 1 aliphatic rings. The van der Waals surface area contributed by atoms with E-state index >= 15 is 0 Å². The van der Waals surface area contributed by atoms with Crippen molar-refractivity contribution in [3.63, 3.8) is 0 Å². The molecule has 0 saturated carbocycles. The van der Waals surface area contributed by atoms with Gasteiger partial charge in [-0.25, -0.2) is 8.42 Å². The molecule has 1 amide bonds. The topological polar surface area (TPSA) is 97.2 Å². The second-order valence-corrected chi connectivity index (χ2v) is 10.8. The molecule has 8 nitrogen and oxygen atoms in total. The molecule has 0 atom stereocenters. The smallest absolute Gasteiger partial charge is 0.243 e. The molecule has 0 unspecified atom stereocenters. The van der Waals surface area contributed by atoms with Gasteiger partial charge in [-0.1, -0.05) is 48.5 Å². The molecular weight excluding hydrogens is 458 g/mol. The molecule has 0 aliphatic carbocycles. The number of aryl methyl sites for hydroxylation is 1. The Hall–Kier alpha value is -2.69. The van der Waals surface area contributed by atoms with Gasteiger partial charge < -0.3 is 9.88 Å². The van der Waals surface area contributed by atoms with Gasteiger partial charge in [0.15, 0.2) is 5.16 Å². The molecule has 174 valence electrons. The number of hydrogen-bond donors (Lipinski definition) is 1. The van der Waals surface area contributed by atoms with Gasteiger partial charge in [-0.3, -0.25) is 4.79 Å². The number of anilines is 1. The summed E-state index contributed by atoms with van der Waals surface area (Å²) in [6.45, 7) is 3.65. The van der Waals surface area contributed by atoms with E-state index in [-0.39, 0.29) is 16.6 Å². The fraction of sp³-hybridized carbons (Fsp3) is 0.348. The van der Waals surface area contributed by atoms with Crippen molar-refractivity contribution < 1.29 is 13.2 Å². The predicted octanol–water partition coefficient (Wildman–Crippen LogP) is 3.54. The lowest BCUT2D eigenvalue weighted by atomic mass is 10.2. The van der Waals surface area contributed by atoms with Crippen LogP contribution in [-0.2, 0) is 21.4 Å². The van der Waals surface area contributed by atoms with E-state index in [0.717, 1.165) is 30.7 Å². The van der Waals surface area contributed by atoms with Gasteiger partial charge in [0.1, 0.15) is 5.82 Å². The van der Waals surface area contributed by atoms with Crippen molar-refractivity contribution in [2.24, 2.45) is 0 Å². The van der Waals surface area contributed by atoms with Crippen molar-refractivity contribution in [2.75, 3.05) is 24.2 Å². The number of sulfonamides is 1. The first-order valence-corrected chi connectivity index (χ1v) is 13.3. The summed E-state index contributed by atoms with van der Waals surface area (Å²) >= 11 is 1.32. The number of carbonyl (C=O) groups excluding carboxylic acids is 1. The van der Waals surface area contributed by atoms with Crippen molar-refractivity contribution in [2.45, 2.75) is 42.8 Å². The number of rotatable bonds is 8. The number of thioether (sulfide) groups is 1. The van der Waals surface area contributed by atoms with Gasteiger partial charge >= 0.3 is 0 Å². The number of nitrogens with one attached hydrogen (secondary N) is 1. The van der Waals surface area contributed by atoms with Crippen LogP contribution >= 0.6 is 11.8 Å². The van der Waals surface area contributed by atoms with Crippen LogP contribution < -0.4 is 5.32 Å². The lowest BCUT2D eigenvalue weighted by Crippen LogP contribution is -2.35. The third kappa shape index (κ3) is 5.82. The summed E-state index contributed by atoms with van der Waals surface area (Å²) in [6.07, 6.45) is 2.85. The number of nitrogens with zero attached hydrogens (tertiary/aromatic N) is 4. The Kier molecular flexibility index (Phi) is 7.46. The number of carbonyl (C=O) groups is 1. The number of aromatic nitrogens is 3. The number of benzene rings is 2. The molecule has 0 bridgehead atoms. The molecule has 33 heavy (non-hydrogen) atoms. The molecule has 4 rings (SSSR count). The summed E-state index contributed by atoms with van der Waals surface area (Å²) in [6, 6.07) is 16.4. The van der Waals surface area contributed by atoms with Crippen LogP contribution in [0.2, 0.25) is 0 Å². The fourth-order valence-corrected chi connectivity index (χ4v) is 6.01. The first-order valence-electron chi connectivity index (χ1n) is 10.9. The summed E-state index contributed by atoms with van der Waals surface area (Å²) in [5.41, 5.74) is 1.69. The van der Waals surface area contributed by atoms with E-state index in [2.05, 4.69) is 15.5 Å². The first kappa shape index (κ1) is 23.5. The third-order valence-electron chi connectivity index (χ3n) is 5.51. The standard InChI is InChI=1S/C23H27N5O3S2/c1-18-25-26-23(28(18)16-19-8-4-2-5-9-19)32-17-22(29)24-20-10-12-21(13-11-20)33(30,31)27-14-6-3-7-15-27/h2,4-5,8-13H,3,6-7,14-17H2,1H3,(H,24,29). The van der Waals surface area contributed by atoms with Crippen LogP contribution in [0.5, 0.6) is 0 Å². The highest BCUT2D eigenvalue weighted by molar-refractivity contribution is 7.99. The zero-order valence-electron chi connectivity index (χ0n) is 18.5. The van der Waals surface area contributed by atoms with Crippen LogP contribution in [0.4, 0.5) is 5.69 Å². The SMILES string of the molecule is Cc1nnc(SCC(=O)Nc2ccc(S(=O)(=O)N3CCCCC3)cc2)n1Cc1ccccc1. The number of piperidine rings is 1. The minimum atomic E-state index is -3.48. The van der Waals surface area contributed by atoms with Gasteiger partial charge in [-0.05, 0) is 49.6 Å². The van der Waals surface area contributed by atoms with E-state index in [1.807, 2.05) is 41.8 Å². The Morgan fingerprint density at radius 2 is 1.70 bits per heavy atom. The van der Waals surface area contributed by atoms with E-state index in [9.17, 15) is 13.2 Å². The van der Waals surface area contributed by atoms with Gasteiger partial charge in [0.25, 0.3) is 0 Å². The maximum atomic E-state index is 12.8. The van der Waals surface area contributed by atoms with E-state index in [0.29, 0.717) is 30.5 Å². The van der Waals surface area contributed by atoms with Gasteiger partial charge in [0.2, 0.25) is 15.9 Å². The van der Waals surface area contributed by atoms with Gasteiger partial charge in [0.05, 0.1) is 17.2 Å². The molecule has 1 saturated heterocycles. The van der Waals surface area contributed by atoms with Crippen molar-refractivity contribution in [3.05, 3.63) is 66.0 Å². The van der Waals surface area contributed by atoms with Gasteiger partial charge in [0, 0.05) is 18.8 Å². The zero-order chi connectivity index (χ0) is 23.3. The fourth-order valence-electron chi connectivity index (χ4n) is 3.71. The Morgan fingerprint density at radius 1 is 1.00 bits per heavy atom. The monoisotopic (exact) mass is 485 g/mol. The highest BCUT2D eigenvalue weighted by Gasteiger charge is 2.25. The zero-order valence-corrected chi connectivity index (χ0v) is 20.1. The number of hydrogen-bond acceptors (Lipinski definition) is 6. The third-order valence-corrected chi connectivity index (χ3v) is 8.39. The Balaban J connectivity index is 1.34. The molecule has 1 aromatic heterocycles. The number of amides is 1. The second kappa shape index (κ2) is 10.5. The maximum absolute atomic E-state index is 12.8. The summed E-state index contributed by atoms with van der Waals surface area (Å²) in [5.74, 6) is 0.756. The molecule has 3 aromatic rings. The van der Waals surface area contributed by atoms with Crippen LogP contribution in [0, 0.1) is 6.92 Å². The van der Waals surface area contributed by atoms with Crippen molar-refractivity contribution in [1.82, 2.24) is 19.1 Å². The van der Waals surface area contributed by atoms with Gasteiger partial charge in [-0.2, -0.15) is 4.31 Å². The van der Waals surface area contributed by atoms with Crippen LogP contribution in [0.1, 0.15) is 30.7 Å². The van der Waals surface area contributed by atoms with E-state index in [4.69, 9.17) is 0 Å². The van der Waals surface area contributed by atoms with Crippen molar-refractivity contribution in [3.8, 4) is 0 Å². The van der Waals surface area contributed by atoms with Crippen LogP contribution in [-0.4, -0.2) is 52.2 Å². The highest BCUT2D eigenvalue weighted by Crippen LogP contribution is 2.23. The molecular formula is C23H27N5O3S2. The largest absolute Gasteiger partial charge is 0.325 e. The average Bonchev–Trinajstić information content (AvgIpc) is 3.18.